The van der Waals surface area contributed by atoms with Gasteiger partial charge in [0.2, 0.25) is 0 Å². The summed E-state index contributed by atoms with van der Waals surface area (Å²) in [7, 11) is -3.36. The van der Waals surface area contributed by atoms with Crippen LogP contribution < -0.4 is 4.74 Å². The van der Waals surface area contributed by atoms with E-state index in [9.17, 15) is 18.3 Å². The molecule has 0 fully saturated rings. The highest BCUT2D eigenvalue weighted by atomic mass is 35.5. The lowest BCUT2D eigenvalue weighted by atomic mass is 10.1. The van der Waals surface area contributed by atoms with Crippen molar-refractivity contribution in [2.24, 2.45) is 5.92 Å². The third-order valence-electron chi connectivity index (χ3n) is 4.54. The van der Waals surface area contributed by atoms with Gasteiger partial charge in [0, 0.05) is 10.6 Å². The van der Waals surface area contributed by atoms with Crippen LogP contribution in [0.15, 0.2) is 41.3 Å². The van der Waals surface area contributed by atoms with Gasteiger partial charge in [0.05, 0.1) is 16.2 Å². The third kappa shape index (κ3) is 7.02. The molecule has 0 heterocycles. The lowest BCUT2D eigenvalue weighted by molar-refractivity contribution is -0.145. The Labute approximate surface area is 189 Å². The largest absolute Gasteiger partial charge is 0.479 e. The Morgan fingerprint density at radius 3 is 2.42 bits per heavy atom. The van der Waals surface area contributed by atoms with Gasteiger partial charge in [0.25, 0.3) is 0 Å². The molecule has 2 rings (SSSR count). The minimum atomic E-state index is -3.36. The zero-order valence-electron chi connectivity index (χ0n) is 18.1. The number of carboxylic acids is 1. The lowest BCUT2D eigenvalue weighted by Crippen LogP contribution is -2.28. The van der Waals surface area contributed by atoms with Gasteiger partial charge in [0.1, 0.15) is 5.75 Å². The van der Waals surface area contributed by atoms with Crippen LogP contribution >= 0.6 is 11.6 Å². The summed E-state index contributed by atoms with van der Waals surface area (Å²) in [6.45, 7) is 7.50. The fraction of sp³-hybridized carbons (Fsp3) is 0.375. The first-order valence-corrected chi connectivity index (χ1v) is 12.1. The molecule has 0 saturated carbocycles. The molecule has 1 atom stereocenters. The predicted octanol–water partition coefficient (Wildman–Crippen LogP) is 5.11. The molecule has 1 unspecified atom stereocenters. The van der Waals surface area contributed by atoms with E-state index in [1.54, 1.807) is 36.4 Å². The quantitative estimate of drug-likeness (QED) is 0.551. The van der Waals surface area contributed by atoms with Crippen molar-refractivity contribution < 1.29 is 23.1 Å². The second-order valence-corrected chi connectivity index (χ2v) is 10.3. The van der Waals surface area contributed by atoms with Crippen molar-refractivity contribution in [2.45, 2.75) is 51.5 Å². The minimum absolute atomic E-state index is 0.0711. The number of carbonyl (C=O) groups is 1. The van der Waals surface area contributed by atoms with E-state index in [0.717, 1.165) is 5.56 Å². The van der Waals surface area contributed by atoms with E-state index in [2.05, 4.69) is 11.8 Å². The van der Waals surface area contributed by atoms with Crippen LogP contribution in [0.2, 0.25) is 5.02 Å². The van der Waals surface area contributed by atoms with Crippen LogP contribution in [-0.2, 0) is 14.6 Å². The normalized spacial score (nSPS) is 12.2. The van der Waals surface area contributed by atoms with Crippen molar-refractivity contribution in [3.63, 3.8) is 0 Å². The molecule has 0 aromatic heterocycles. The molecule has 0 spiro atoms. The second kappa shape index (κ2) is 10.7. The van der Waals surface area contributed by atoms with E-state index in [-0.39, 0.29) is 16.6 Å². The van der Waals surface area contributed by atoms with E-state index in [4.69, 9.17) is 16.3 Å². The Bertz CT molecular complexity index is 1110. The molecule has 2 aromatic carbocycles. The van der Waals surface area contributed by atoms with Gasteiger partial charge in [0.15, 0.2) is 15.9 Å². The van der Waals surface area contributed by atoms with Gasteiger partial charge >= 0.3 is 5.97 Å². The number of ether oxygens (including phenoxy) is 1. The second-order valence-electron chi connectivity index (χ2n) is 7.76. The molecular formula is C24H27ClO5S. The fourth-order valence-corrected chi connectivity index (χ4v) is 4.45. The Morgan fingerprint density at radius 1 is 1.13 bits per heavy atom. The summed E-state index contributed by atoms with van der Waals surface area (Å²) in [5, 5.41) is 9.91. The molecule has 2 aromatic rings. The van der Waals surface area contributed by atoms with Crippen LogP contribution in [0.1, 0.15) is 50.3 Å². The zero-order chi connectivity index (χ0) is 23.2. The highest BCUT2D eigenvalue weighted by Gasteiger charge is 2.22. The van der Waals surface area contributed by atoms with Crippen LogP contribution in [0.5, 0.6) is 5.75 Å². The number of halogens is 1. The Morgan fingerprint density at radius 2 is 1.81 bits per heavy atom. The molecule has 7 heteroatoms. The van der Waals surface area contributed by atoms with Gasteiger partial charge in [-0.1, -0.05) is 50.3 Å². The van der Waals surface area contributed by atoms with Crippen molar-refractivity contribution in [3.8, 4) is 17.6 Å². The van der Waals surface area contributed by atoms with Gasteiger partial charge in [-0.15, -0.1) is 0 Å². The summed E-state index contributed by atoms with van der Waals surface area (Å²) < 4.78 is 30.5. The SMILES string of the molecule is CCCS(=O)(=O)c1ccc(C)c(C#Cc2cc(Cl)ccc2OC(CC(C)C)C(=O)O)c1. The van der Waals surface area contributed by atoms with Crippen molar-refractivity contribution in [3.05, 3.63) is 58.1 Å². The first-order valence-electron chi connectivity index (χ1n) is 10.1. The van der Waals surface area contributed by atoms with Crippen LogP contribution in [0.3, 0.4) is 0 Å². The number of aliphatic carboxylic acids is 1. The zero-order valence-corrected chi connectivity index (χ0v) is 19.7. The number of aryl methyl sites for hydroxylation is 1. The van der Waals surface area contributed by atoms with Crippen molar-refractivity contribution >= 4 is 27.4 Å². The average molecular weight is 463 g/mol. The van der Waals surface area contributed by atoms with Gasteiger partial charge < -0.3 is 9.84 Å². The van der Waals surface area contributed by atoms with Crippen molar-refractivity contribution in [1.82, 2.24) is 0 Å². The average Bonchev–Trinajstić information content (AvgIpc) is 2.67. The summed E-state index contributed by atoms with van der Waals surface area (Å²) in [4.78, 5) is 11.8. The summed E-state index contributed by atoms with van der Waals surface area (Å²) >= 11 is 6.11. The van der Waals surface area contributed by atoms with E-state index in [1.165, 1.54) is 0 Å². The molecule has 166 valence electrons. The Hall–Kier alpha value is -2.49. The minimum Gasteiger partial charge on any atom is -0.479 e. The monoisotopic (exact) mass is 462 g/mol. The van der Waals surface area contributed by atoms with Crippen molar-refractivity contribution in [2.75, 3.05) is 5.75 Å². The first-order chi connectivity index (χ1) is 14.5. The maximum atomic E-state index is 12.4. The first kappa shape index (κ1) is 24.8. The molecule has 31 heavy (non-hydrogen) atoms. The molecule has 1 N–H and O–H groups in total. The summed E-state index contributed by atoms with van der Waals surface area (Å²) in [5.41, 5.74) is 1.83. The standard InChI is InChI=1S/C24H27ClO5S/c1-5-12-31(28,29)21-10-6-17(4)18(15-21)7-8-19-14-20(25)9-11-22(19)30-23(24(26)27)13-16(2)3/h6,9-11,14-16,23H,5,12-13H2,1-4H3,(H,26,27). The van der Waals surface area contributed by atoms with E-state index in [0.29, 0.717) is 34.7 Å². The number of carboxylic acid groups (broad SMARTS) is 1. The van der Waals surface area contributed by atoms with Gasteiger partial charge in [-0.2, -0.15) is 0 Å². The van der Waals surface area contributed by atoms with Gasteiger partial charge in [-0.25, -0.2) is 13.2 Å². The molecule has 0 aliphatic heterocycles. The maximum absolute atomic E-state index is 12.4. The van der Waals surface area contributed by atoms with Crippen LogP contribution in [0, 0.1) is 24.7 Å². The van der Waals surface area contributed by atoms with Gasteiger partial charge in [-0.05, 0) is 61.6 Å². The number of rotatable bonds is 8. The van der Waals surface area contributed by atoms with Crippen LogP contribution in [0.25, 0.3) is 0 Å². The molecule has 0 radical (unpaired) electrons. The third-order valence-corrected chi connectivity index (χ3v) is 6.70. The van der Waals surface area contributed by atoms with E-state index >= 15 is 0 Å². The molecule has 0 amide bonds. The van der Waals surface area contributed by atoms with Crippen LogP contribution in [0.4, 0.5) is 0 Å². The number of hydrogen-bond acceptors (Lipinski definition) is 4. The van der Waals surface area contributed by atoms with Crippen molar-refractivity contribution in [1.29, 1.82) is 0 Å². The smallest absolute Gasteiger partial charge is 0.344 e. The molecular weight excluding hydrogens is 436 g/mol. The molecule has 5 nitrogen and oxygen atoms in total. The Kier molecular flexibility index (Phi) is 8.55. The topological polar surface area (TPSA) is 80.7 Å². The fourth-order valence-electron chi connectivity index (χ4n) is 2.93. The number of hydrogen-bond donors (Lipinski definition) is 1. The molecule has 0 bridgehead atoms. The molecule has 0 aliphatic rings. The Balaban J connectivity index is 2.45. The summed E-state index contributed by atoms with van der Waals surface area (Å²) in [6, 6.07) is 9.69. The van der Waals surface area contributed by atoms with E-state index < -0.39 is 21.9 Å². The number of sulfone groups is 1. The van der Waals surface area contributed by atoms with Gasteiger partial charge in [-0.3, -0.25) is 0 Å². The highest BCUT2D eigenvalue weighted by molar-refractivity contribution is 7.91. The summed E-state index contributed by atoms with van der Waals surface area (Å²) in [6.07, 6.45) is -0.131. The van der Waals surface area contributed by atoms with E-state index in [1.807, 2.05) is 27.7 Å². The maximum Gasteiger partial charge on any atom is 0.344 e. The number of benzene rings is 2. The van der Waals surface area contributed by atoms with Crippen LogP contribution in [-0.4, -0.2) is 31.4 Å². The molecule has 0 aliphatic carbocycles. The predicted molar refractivity (Wildman–Crippen MR) is 122 cm³/mol. The summed E-state index contributed by atoms with van der Waals surface area (Å²) in [5.74, 6) is 5.44. The highest BCUT2D eigenvalue weighted by Crippen LogP contribution is 2.25. The molecule has 0 saturated heterocycles. The lowest BCUT2D eigenvalue weighted by Gasteiger charge is -2.18.